The summed E-state index contributed by atoms with van der Waals surface area (Å²) >= 11 is 0. The smallest absolute Gasteiger partial charge is 0.244 e. The fraction of sp³-hybridized carbons (Fsp3) is 0.500. The second-order valence-corrected chi connectivity index (χ2v) is 5.61. The van der Waals surface area contributed by atoms with Gasteiger partial charge in [0.15, 0.2) is 0 Å². The van der Waals surface area contributed by atoms with Gasteiger partial charge in [0.1, 0.15) is 6.54 Å². The van der Waals surface area contributed by atoms with Gasteiger partial charge in [0.2, 0.25) is 5.91 Å². The number of carbonyl (C=O) groups is 1. The molecule has 5 nitrogen and oxygen atoms in total. The van der Waals surface area contributed by atoms with Gasteiger partial charge in [-0.05, 0) is 31.7 Å². The van der Waals surface area contributed by atoms with E-state index in [9.17, 15) is 4.79 Å². The lowest BCUT2D eigenvalue weighted by atomic mass is 10.1. The number of fused-ring (bicyclic) bond motifs is 1. The van der Waals surface area contributed by atoms with E-state index < -0.39 is 0 Å². The van der Waals surface area contributed by atoms with Gasteiger partial charge in [0.25, 0.3) is 0 Å². The van der Waals surface area contributed by atoms with E-state index in [4.69, 9.17) is 5.11 Å². The number of hydrogen-bond acceptors (Lipinski definition) is 3. The molecule has 1 unspecified atom stereocenters. The Kier molecular flexibility index (Phi) is 4.20. The number of nitrogens with zero attached hydrogens (tertiary/aromatic N) is 3. The van der Waals surface area contributed by atoms with Crippen molar-refractivity contribution in [1.82, 2.24) is 14.7 Å². The van der Waals surface area contributed by atoms with Crippen LogP contribution < -0.4 is 0 Å². The Morgan fingerprint density at radius 2 is 2.24 bits per heavy atom. The third-order valence-corrected chi connectivity index (χ3v) is 4.23. The molecule has 1 atom stereocenters. The van der Waals surface area contributed by atoms with E-state index in [1.165, 1.54) is 0 Å². The maximum Gasteiger partial charge on any atom is 0.244 e. The number of aliphatic hydroxyl groups excluding tert-OH is 1. The van der Waals surface area contributed by atoms with Crippen LogP contribution >= 0.6 is 0 Å². The molecule has 1 aromatic carbocycles. The van der Waals surface area contributed by atoms with Gasteiger partial charge in [-0.1, -0.05) is 18.2 Å². The minimum atomic E-state index is 0.129. The van der Waals surface area contributed by atoms with Gasteiger partial charge in [-0.2, -0.15) is 5.10 Å². The fourth-order valence-electron chi connectivity index (χ4n) is 3.16. The minimum Gasteiger partial charge on any atom is -0.396 e. The largest absolute Gasteiger partial charge is 0.396 e. The first-order valence-corrected chi connectivity index (χ1v) is 7.60. The van der Waals surface area contributed by atoms with Gasteiger partial charge in [-0.25, -0.2) is 0 Å². The van der Waals surface area contributed by atoms with Crippen molar-refractivity contribution in [2.75, 3.05) is 13.2 Å². The monoisotopic (exact) mass is 287 g/mol. The number of benzene rings is 1. The lowest BCUT2D eigenvalue weighted by molar-refractivity contribution is -0.132. The molecule has 0 saturated carbocycles. The van der Waals surface area contributed by atoms with Gasteiger partial charge in [0, 0.05) is 24.6 Å². The van der Waals surface area contributed by atoms with Crippen molar-refractivity contribution >= 4 is 16.8 Å². The lowest BCUT2D eigenvalue weighted by Gasteiger charge is -2.24. The maximum absolute atomic E-state index is 12.5. The predicted octanol–water partition coefficient (Wildman–Crippen LogP) is 1.80. The summed E-state index contributed by atoms with van der Waals surface area (Å²) in [5.74, 6) is 0.129. The van der Waals surface area contributed by atoms with E-state index in [1.54, 1.807) is 10.9 Å². The van der Waals surface area contributed by atoms with Crippen LogP contribution in [0.3, 0.4) is 0 Å². The van der Waals surface area contributed by atoms with E-state index in [0.717, 1.165) is 43.1 Å². The molecular formula is C16H21N3O2. The zero-order chi connectivity index (χ0) is 14.7. The highest BCUT2D eigenvalue weighted by molar-refractivity contribution is 5.82. The Hall–Kier alpha value is -1.88. The molecule has 0 aliphatic carbocycles. The zero-order valence-electron chi connectivity index (χ0n) is 12.1. The van der Waals surface area contributed by atoms with Crippen molar-refractivity contribution in [3.63, 3.8) is 0 Å². The van der Waals surface area contributed by atoms with Crippen LogP contribution in [0, 0.1) is 0 Å². The number of para-hydroxylation sites is 1. The number of carbonyl (C=O) groups excluding carboxylic acids is 1. The van der Waals surface area contributed by atoms with Crippen molar-refractivity contribution in [3.8, 4) is 0 Å². The van der Waals surface area contributed by atoms with Gasteiger partial charge < -0.3 is 10.0 Å². The first-order valence-electron chi connectivity index (χ1n) is 7.60. The average molecular weight is 287 g/mol. The van der Waals surface area contributed by atoms with Crippen molar-refractivity contribution in [1.29, 1.82) is 0 Å². The van der Waals surface area contributed by atoms with Crippen molar-refractivity contribution in [3.05, 3.63) is 30.5 Å². The Labute approximate surface area is 124 Å². The summed E-state index contributed by atoms with van der Waals surface area (Å²) in [5.41, 5.74) is 0.997. The molecule has 112 valence electrons. The molecule has 1 saturated heterocycles. The van der Waals surface area contributed by atoms with Crippen molar-refractivity contribution in [2.24, 2.45) is 0 Å². The van der Waals surface area contributed by atoms with Gasteiger partial charge in [-0.3, -0.25) is 9.48 Å². The molecule has 0 bridgehead atoms. The number of likely N-dealkylation sites (tertiary alicyclic amines) is 1. The normalized spacial score (nSPS) is 18.5. The summed E-state index contributed by atoms with van der Waals surface area (Å²) in [5, 5.41) is 14.3. The lowest BCUT2D eigenvalue weighted by Crippen LogP contribution is -2.38. The summed E-state index contributed by atoms with van der Waals surface area (Å²) in [7, 11) is 0. The Balaban J connectivity index is 1.71. The third kappa shape index (κ3) is 2.93. The van der Waals surface area contributed by atoms with E-state index >= 15 is 0 Å². The summed E-state index contributed by atoms with van der Waals surface area (Å²) in [6.45, 7) is 1.32. The van der Waals surface area contributed by atoms with Crippen LogP contribution in [0.15, 0.2) is 30.5 Å². The van der Waals surface area contributed by atoms with Gasteiger partial charge in [0.05, 0.1) is 11.7 Å². The molecule has 1 N–H and O–H groups in total. The standard InChI is InChI=1S/C16H21N3O2/c20-10-4-7-14-6-3-9-18(14)16(21)12-19-15-8-2-1-5-13(15)11-17-19/h1-2,5,8,11,14,20H,3-4,6-7,9-10,12H2. The molecule has 2 heterocycles. The molecule has 1 fully saturated rings. The highest BCUT2D eigenvalue weighted by Gasteiger charge is 2.28. The van der Waals surface area contributed by atoms with Crippen LogP contribution in [0.1, 0.15) is 25.7 Å². The molecule has 1 aliphatic rings. The van der Waals surface area contributed by atoms with Crippen molar-refractivity contribution < 1.29 is 9.90 Å². The molecule has 0 radical (unpaired) electrons. The van der Waals surface area contributed by atoms with Crippen LogP contribution in [0.25, 0.3) is 10.9 Å². The second kappa shape index (κ2) is 6.26. The summed E-state index contributed by atoms with van der Waals surface area (Å²) < 4.78 is 1.78. The number of hydrogen-bond donors (Lipinski definition) is 1. The van der Waals surface area contributed by atoms with Crippen LogP contribution in [0.4, 0.5) is 0 Å². The summed E-state index contributed by atoms with van der Waals surface area (Å²) in [4.78, 5) is 14.5. The van der Waals surface area contributed by atoms with E-state index in [-0.39, 0.29) is 18.6 Å². The van der Waals surface area contributed by atoms with Crippen LogP contribution in [0.2, 0.25) is 0 Å². The molecule has 5 heteroatoms. The molecule has 1 aromatic heterocycles. The van der Waals surface area contributed by atoms with Crippen molar-refractivity contribution in [2.45, 2.75) is 38.3 Å². The topological polar surface area (TPSA) is 58.4 Å². The molecule has 1 amide bonds. The van der Waals surface area contributed by atoms with Crippen LogP contribution in [-0.2, 0) is 11.3 Å². The SMILES string of the molecule is O=C(Cn1ncc2ccccc21)N1CCCC1CCCO. The number of aliphatic hydroxyl groups is 1. The highest BCUT2D eigenvalue weighted by atomic mass is 16.3. The van der Waals surface area contributed by atoms with Gasteiger partial charge >= 0.3 is 0 Å². The number of aromatic nitrogens is 2. The Bertz CT molecular complexity index is 623. The highest BCUT2D eigenvalue weighted by Crippen LogP contribution is 2.22. The molecule has 1 aliphatic heterocycles. The predicted molar refractivity (Wildman–Crippen MR) is 80.8 cm³/mol. The van der Waals surface area contributed by atoms with E-state index in [0.29, 0.717) is 6.54 Å². The fourth-order valence-corrected chi connectivity index (χ4v) is 3.16. The molecule has 21 heavy (non-hydrogen) atoms. The maximum atomic E-state index is 12.5. The Morgan fingerprint density at radius 1 is 1.38 bits per heavy atom. The third-order valence-electron chi connectivity index (χ3n) is 4.23. The van der Waals surface area contributed by atoms with Crippen LogP contribution in [0.5, 0.6) is 0 Å². The molecular weight excluding hydrogens is 266 g/mol. The van der Waals surface area contributed by atoms with E-state index in [2.05, 4.69) is 5.10 Å². The summed E-state index contributed by atoms with van der Waals surface area (Å²) in [6.07, 6.45) is 5.56. The zero-order valence-corrected chi connectivity index (χ0v) is 12.1. The average Bonchev–Trinajstić information content (AvgIpc) is 3.12. The first-order chi connectivity index (χ1) is 10.3. The molecule has 3 rings (SSSR count). The van der Waals surface area contributed by atoms with Gasteiger partial charge in [-0.15, -0.1) is 0 Å². The van der Waals surface area contributed by atoms with Crippen LogP contribution in [-0.4, -0.2) is 44.9 Å². The van der Waals surface area contributed by atoms with E-state index in [1.807, 2.05) is 29.2 Å². The first kappa shape index (κ1) is 14.1. The summed E-state index contributed by atoms with van der Waals surface area (Å²) in [6, 6.07) is 8.21. The molecule has 0 spiro atoms. The number of amides is 1. The molecule has 2 aromatic rings. The number of rotatable bonds is 5. The quantitative estimate of drug-likeness (QED) is 0.912. The second-order valence-electron chi connectivity index (χ2n) is 5.61. The Morgan fingerprint density at radius 3 is 3.10 bits per heavy atom. The minimum absolute atomic E-state index is 0.129.